The molecule has 3 rings (SSSR count). The molecule has 0 saturated carbocycles. The molecule has 0 N–H and O–H groups in total. The summed E-state index contributed by atoms with van der Waals surface area (Å²) in [5.41, 5.74) is 0.701. The number of halogens is 1. The first-order chi connectivity index (χ1) is 9.59. The summed E-state index contributed by atoms with van der Waals surface area (Å²) in [5, 5.41) is 0.484. The van der Waals surface area contributed by atoms with Crippen LogP contribution in [0.4, 0.5) is 5.69 Å². The molecule has 0 unspecified atom stereocenters. The Kier molecular flexibility index (Phi) is 2.88. The number of hydrogen-bond acceptors (Lipinski definition) is 3. The topological polar surface area (TPSA) is 54.5 Å². The normalized spacial score (nSPS) is 14.4. The highest BCUT2D eigenvalue weighted by Crippen LogP contribution is 2.26. The van der Waals surface area contributed by atoms with E-state index in [9.17, 15) is 14.4 Å². The lowest BCUT2D eigenvalue weighted by Gasteiger charge is -2.25. The van der Waals surface area contributed by atoms with E-state index in [1.165, 1.54) is 24.3 Å². The van der Waals surface area contributed by atoms with Crippen LogP contribution in [0.1, 0.15) is 20.7 Å². The van der Waals surface area contributed by atoms with Gasteiger partial charge in [0.2, 0.25) is 0 Å². The van der Waals surface area contributed by atoms with Crippen LogP contribution in [0.3, 0.4) is 0 Å². The summed E-state index contributed by atoms with van der Waals surface area (Å²) < 4.78 is 0. The lowest BCUT2D eigenvalue weighted by molar-refractivity contribution is -0.114. The number of rotatable bonds is 1. The van der Waals surface area contributed by atoms with Gasteiger partial charge in [-0.05, 0) is 30.3 Å². The summed E-state index contributed by atoms with van der Waals surface area (Å²) in [6.45, 7) is 0. The quantitative estimate of drug-likeness (QED) is 0.598. The smallest absolute Gasteiger partial charge is 0.283 e. The summed E-state index contributed by atoms with van der Waals surface area (Å²) in [4.78, 5) is 37.4. The van der Waals surface area contributed by atoms with Crippen LogP contribution in [0, 0.1) is 0 Å². The van der Waals surface area contributed by atoms with Crippen molar-refractivity contribution in [1.29, 1.82) is 0 Å². The molecule has 5 heteroatoms. The number of ketones is 1. The molecule has 98 valence electrons. The summed E-state index contributed by atoms with van der Waals surface area (Å²) in [6.07, 6.45) is 0. The second kappa shape index (κ2) is 4.58. The highest BCUT2D eigenvalue weighted by atomic mass is 35.5. The molecule has 2 amide bonds. The van der Waals surface area contributed by atoms with Gasteiger partial charge in [-0.2, -0.15) is 0 Å². The van der Waals surface area contributed by atoms with Gasteiger partial charge in [0.15, 0.2) is 0 Å². The van der Waals surface area contributed by atoms with Gasteiger partial charge >= 0.3 is 5.91 Å². The number of carbonyl (C=O) groups excluding carboxylic acids is 3. The van der Waals surface area contributed by atoms with Crippen LogP contribution in [0.25, 0.3) is 0 Å². The fraction of sp³-hybridized carbons (Fsp3) is 0. The molecular formula is C15H8ClNO3. The number of carbonyl (C=O) groups is 3. The van der Waals surface area contributed by atoms with E-state index in [1.807, 2.05) is 0 Å². The zero-order chi connectivity index (χ0) is 14.3. The first-order valence-electron chi connectivity index (χ1n) is 5.87. The first kappa shape index (κ1) is 12.6. The number of fused-ring (bicyclic) bond motifs is 1. The van der Waals surface area contributed by atoms with Gasteiger partial charge in [0, 0.05) is 10.6 Å². The SMILES string of the molecule is O=C1C(=O)N(c2ccc(Cl)cc2)C(=O)c2ccccc21. The van der Waals surface area contributed by atoms with Crippen LogP contribution in [-0.4, -0.2) is 17.6 Å². The van der Waals surface area contributed by atoms with Gasteiger partial charge in [-0.3, -0.25) is 14.4 Å². The van der Waals surface area contributed by atoms with Gasteiger partial charge in [0.05, 0.1) is 11.3 Å². The van der Waals surface area contributed by atoms with E-state index in [2.05, 4.69) is 0 Å². The Bertz CT molecular complexity index is 737. The number of imide groups is 1. The predicted octanol–water partition coefficient (Wildman–Crippen LogP) is 2.71. The molecular weight excluding hydrogens is 278 g/mol. The number of nitrogens with zero attached hydrogens (tertiary/aromatic N) is 1. The highest BCUT2D eigenvalue weighted by molar-refractivity contribution is 6.55. The fourth-order valence-electron chi connectivity index (χ4n) is 2.12. The minimum absolute atomic E-state index is 0.146. The first-order valence-corrected chi connectivity index (χ1v) is 6.25. The molecule has 0 aromatic heterocycles. The summed E-state index contributed by atoms with van der Waals surface area (Å²) >= 11 is 5.78. The second-order valence-corrected chi connectivity index (χ2v) is 4.73. The average Bonchev–Trinajstić information content (AvgIpc) is 2.47. The van der Waals surface area contributed by atoms with E-state index in [0.29, 0.717) is 10.7 Å². The molecule has 2 aromatic rings. The Balaban J connectivity index is 2.14. The predicted molar refractivity (Wildman–Crippen MR) is 74.0 cm³/mol. The minimum Gasteiger partial charge on any atom is -0.283 e. The standard InChI is InChI=1S/C15H8ClNO3/c16-9-5-7-10(8-6-9)17-14(19)12-4-2-1-3-11(12)13(18)15(17)20/h1-8H. The van der Waals surface area contributed by atoms with Gasteiger partial charge in [-0.1, -0.05) is 29.8 Å². The zero-order valence-electron chi connectivity index (χ0n) is 10.2. The maximum Gasteiger partial charge on any atom is 0.306 e. The molecule has 0 spiro atoms. The molecule has 1 aliphatic rings. The Labute approximate surface area is 119 Å². The third kappa shape index (κ3) is 1.82. The van der Waals surface area contributed by atoms with Gasteiger partial charge in [-0.25, -0.2) is 4.90 Å². The van der Waals surface area contributed by atoms with Crippen LogP contribution in [-0.2, 0) is 4.79 Å². The average molecular weight is 286 g/mol. The van der Waals surface area contributed by atoms with E-state index in [0.717, 1.165) is 4.90 Å². The summed E-state index contributed by atoms with van der Waals surface area (Å²) in [7, 11) is 0. The number of amides is 2. The molecule has 1 heterocycles. The molecule has 4 nitrogen and oxygen atoms in total. The Morgan fingerprint density at radius 1 is 0.750 bits per heavy atom. The second-order valence-electron chi connectivity index (χ2n) is 4.30. The zero-order valence-corrected chi connectivity index (χ0v) is 10.9. The van der Waals surface area contributed by atoms with E-state index in [-0.39, 0.29) is 11.1 Å². The van der Waals surface area contributed by atoms with Crippen LogP contribution in [0.15, 0.2) is 48.5 Å². The van der Waals surface area contributed by atoms with Crippen molar-refractivity contribution in [3.8, 4) is 0 Å². The molecule has 20 heavy (non-hydrogen) atoms. The lowest BCUT2D eigenvalue weighted by Crippen LogP contribution is -2.46. The van der Waals surface area contributed by atoms with Gasteiger partial charge < -0.3 is 0 Å². The van der Waals surface area contributed by atoms with Crippen LogP contribution >= 0.6 is 11.6 Å². The van der Waals surface area contributed by atoms with E-state index < -0.39 is 17.6 Å². The number of Topliss-reactive ketones (excluding diaryl/α,β-unsaturated/α-hetero) is 1. The Hall–Kier alpha value is -2.46. The minimum atomic E-state index is -0.851. The van der Waals surface area contributed by atoms with Crippen molar-refractivity contribution in [3.05, 3.63) is 64.7 Å². The molecule has 2 aromatic carbocycles. The van der Waals surface area contributed by atoms with Crippen LogP contribution < -0.4 is 4.90 Å². The van der Waals surface area contributed by atoms with Gasteiger partial charge in [0.25, 0.3) is 11.7 Å². The van der Waals surface area contributed by atoms with E-state index >= 15 is 0 Å². The Morgan fingerprint density at radius 2 is 1.35 bits per heavy atom. The monoisotopic (exact) mass is 285 g/mol. The number of anilines is 1. The van der Waals surface area contributed by atoms with Crippen molar-refractivity contribution >= 4 is 34.9 Å². The van der Waals surface area contributed by atoms with Crippen molar-refractivity contribution in [3.63, 3.8) is 0 Å². The third-order valence-corrected chi connectivity index (χ3v) is 3.34. The van der Waals surface area contributed by atoms with Crippen molar-refractivity contribution in [1.82, 2.24) is 0 Å². The Morgan fingerprint density at radius 3 is 2.00 bits per heavy atom. The number of hydrogen-bond donors (Lipinski definition) is 0. The third-order valence-electron chi connectivity index (χ3n) is 3.09. The fourth-order valence-corrected chi connectivity index (χ4v) is 2.25. The molecule has 0 saturated heterocycles. The molecule has 0 fully saturated rings. The van der Waals surface area contributed by atoms with Crippen LogP contribution in [0.2, 0.25) is 5.02 Å². The largest absolute Gasteiger partial charge is 0.306 e. The van der Waals surface area contributed by atoms with Crippen molar-refractivity contribution in [2.75, 3.05) is 4.90 Å². The molecule has 1 aliphatic heterocycles. The molecule has 0 radical (unpaired) electrons. The maximum absolute atomic E-state index is 12.4. The molecule has 0 bridgehead atoms. The molecule has 0 atom stereocenters. The summed E-state index contributed by atoms with van der Waals surface area (Å²) in [5.74, 6) is -2.04. The molecule has 0 aliphatic carbocycles. The van der Waals surface area contributed by atoms with Gasteiger partial charge in [-0.15, -0.1) is 0 Å². The van der Waals surface area contributed by atoms with Gasteiger partial charge in [0.1, 0.15) is 0 Å². The van der Waals surface area contributed by atoms with E-state index in [4.69, 9.17) is 11.6 Å². The van der Waals surface area contributed by atoms with Crippen molar-refractivity contribution in [2.24, 2.45) is 0 Å². The van der Waals surface area contributed by atoms with Crippen molar-refractivity contribution < 1.29 is 14.4 Å². The lowest BCUT2D eigenvalue weighted by atomic mass is 9.97. The van der Waals surface area contributed by atoms with Crippen molar-refractivity contribution in [2.45, 2.75) is 0 Å². The summed E-state index contributed by atoms with van der Waals surface area (Å²) in [6, 6.07) is 12.5. The maximum atomic E-state index is 12.4. The highest BCUT2D eigenvalue weighted by Gasteiger charge is 2.38. The van der Waals surface area contributed by atoms with E-state index in [1.54, 1.807) is 24.3 Å². The van der Waals surface area contributed by atoms with Crippen LogP contribution in [0.5, 0.6) is 0 Å². The number of benzene rings is 2.